The number of ether oxygens (including phenoxy) is 1. The summed E-state index contributed by atoms with van der Waals surface area (Å²) in [5.41, 5.74) is 1.52. The van der Waals surface area contributed by atoms with Crippen LogP contribution in [0, 0.1) is 13.8 Å². The van der Waals surface area contributed by atoms with E-state index in [-0.39, 0.29) is 11.4 Å². The van der Waals surface area contributed by atoms with E-state index in [0.717, 1.165) is 22.6 Å². The Kier molecular flexibility index (Phi) is 4.07. The van der Waals surface area contributed by atoms with Gasteiger partial charge in [-0.05, 0) is 37.6 Å². The van der Waals surface area contributed by atoms with Crippen molar-refractivity contribution < 1.29 is 9.53 Å². The zero-order valence-corrected chi connectivity index (χ0v) is 12.0. The van der Waals surface area contributed by atoms with E-state index in [1.54, 1.807) is 37.4 Å². The molecule has 0 saturated carbocycles. The minimum Gasteiger partial charge on any atom is -0.425 e. The van der Waals surface area contributed by atoms with Gasteiger partial charge in [0.2, 0.25) is 0 Å². The van der Waals surface area contributed by atoms with Crippen LogP contribution in [0.5, 0.6) is 5.75 Å². The molecule has 0 aliphatic heterocycles. The molecule has 1 aromatic heterocycles. The SMILES string of the molecule is Cc1cc(Cl)ccc1OC(=O)Cn1c(C)csc1=O. The van der Waals surface area contributed by atoms with Crippen LogP contribution in [-0.4, -0.2) is 10.5 Å². The average Bonchev–Trinajstić information content (AvgIpc) is 2.65. The molecule has 0 N–H and O–H groups in total. The summed E-state index contributed by atoms with van der Waals surface area (Å²) in [7, 11) is 0. The molecule has 6 heteroatoms. The highest BCUT2D eigenvalue weighted by Gasteiger charge is 2.11. The number of aryl methyl sites for hydroxylation is 2. The van der Waals surface area contributed by atoms with Gasteiger partial charge in [0, 0.05) is 16.1 Å². The molecule has 0 aliphatic rings. The van der Waals surface area contributed by atoms with Crippen LogP contribution in [0.2, 0.25) is 5.02 Å². The predicted molar refractivity (Wildman–Crippen MR) is 75.1 cm³/mol. The van der Waals surface area contributed by atoms with Gasteiger partial charge in [-0.1, -0.05) is 22.9 Å². The molecule has 2 rings (SSSR count). The second-order valence-electron chi connectivity index (χ2n) is 4.11. The zero-order chi connectivity index (χ0) is 14.0. The van der Waals surface area contributed by atoms with Crippen LogP contribution in [0.15, 0.2) is 28.4 Å². The van der Waals surface area contributed by atoms with Gasteiger partial charge >= 0.3 is 10.8 Å². The predicted octanol–water partition coefficient (Wildman–Crippen LogP) is 2.79. The van der Waals surface area contributed by atoms with Crippen LogP contribution in [-0.2, 0) is 11.3 Å². The van der Waals surface area contributed by atoms with Gasteiger partial charge in [0.05, 0.1) is 0 Å². The van der Waals surface area contributed by atoms with Crippen molar-refractivity contribution in [3.63, 3.8) is 0 Å². The molecule has 0 atom stereocenters. The zero-order valence-electron chi connectivity index (χ0n) is 10.5. The number of carbonyl (C=O) groups excluding carboxylic acids is 1. The maximum absolute atomic E-state index is 11.8. The Hall–Kier alpha value is -1.59. The Labute approximate surface area is 119 Å². The highest BCUT2D eigenvalue weighted by molar-refractivity contribution is 7.07. The van der Waals surface area contributed by atoms with Crippen LogP contribution in [0.25, 0.3) is 0 Å². The van der Waals surface area contributed by atoms with E-state index in [2.05, 4.69) is 0 Å². The number of hydrogen-bond acceptors (Lipinski definition) is 4. The fraction of sp³-hybridized carbons (Fsp3) is 0.231. The molecular formula is C13H12ClNO3S. The van der Waals surface area contributed by atoms with Crippen molar-refractivity contribution >= 4 is 28.9 Å². The van der Waals surface area contributed by atoms with Gasteiger partial charge in [0.15, 0.2) is 0 Å². The van der Waals surface area contributed by atoms with E-state index in [1.165, 1.54) is 4.57 Å². The average molecular weight is 298 g/mol. The number of esters is 1. The van der Waals surface area contributed by atoms with Crippen molar-refractivity contribution in [1.82, 2.24) is 4.57 Å². The molecule has 0 unspecified atom stereocenters. The van der Waals surface area contributed by atoms with E-state index in [0.29, 0.717) is 10.8 Å². The first kappa shape index (κ1) is 13.8. The monoisotopic (exact) mass is 297 g/mol. The van der Waals surface area contributed by atoms with Crippen molar-refractivity contribution in [2.75, 3.05) is 0 Å². The third-order valence-electron chi connectivity index (χ3n) is 2.62. The summed E-state index contributed by atoms with van der Waals surface area (Å²) in [5.74, 6) is -0.0237. The third kappa shape index (κ3) is 3.24. The molecular weight excluding hydrogens is 286 g/mol. The number of benzene rings is 1. The highest BCUT2D eigenvalue weighted by atomic mass is 35.5. The maximum atomic E-state index is 11.8. The van der Waals surface area contributed by atoms with Crippen LogP contribution in [0.4, 0.5) is 0 Å². The fourth-order valence-electron chi connectivity index (χ4n) is 1.61. The fourth-order valence-corrected chi connectivity index (χ4v) is 2.57. The number of rotatable bonds is 3. The van der Waals surface area contributed by atoms with Crippen molar-refractivity contribution in [3.8, 4) is 5.75 Å². The number of nitrogens with zero attached hydrogens (tertiary/aromatic N) is 1. The molecule has 1 aromatic carbocycles. The standard InChI is InChI=1S/C13H12ClNO3S/c1-8-5-10(14)3-4-11(8)18-12(16)6-15-9(2)7-19-13(15)17/h3-5,7H,6H2,1-2H3. The summed E-state index contributed by atoms with van der Waals surface area (Å²) >= 11 is 6.89. The molecule has 0 amide bonds. The Bertz CT molecular complexity index is 675. The second kappa shape index (κ2) is 5.59. The molecule has 2 aromatic rings. The number of aromatic nitrogens is 1. The van der Waals surface area contributed by atoms with Gasteiger partial charge in [-0.3, -0.25) is 9.36 Å². The van der Waals surface area contributed by atoms with E-state index in [4.69, 9.17) is 16.3 Å². The molecule has 0 bridgehead atoms. The lowest BCUT2D eigenvalue weighted by Crippen LogP contribution is -2.23. The van der Waals surface area contributed by atoms with Crippen molar-refractivity contribution in [2.24, 2.45) is 0 Å². The summed E-state index contributed by atoms with van der Waals surface area (Å²) in [4.78, 5) is 23.1. The summed E-state index contributed by atoms with van der Waals surface area (Å²) in [6, 6.07) is 5.00. The lowest BCUT2D eigenvalue weighted by atomic mass is 10.2. The van der Waals surface area contributed by atoms with Crippen LogP contribution < -0.4 is 9.61 Å². The maximum Gasteiger partial charge on any atom is 0.331 e. The first-order chi connectivity index (χ1) is 8.97. The van der Waals surface area contributed by atoms with Crippen molar-refractivity contribution in [1.29, 1.82) is 0 Å². The van der Waals surface area contributed by atoms with E-state index >= 15 is 0 Å². The first-order valence-corrected chi connectivity index (χ1v) is 6.85. The Morgan fingerprint density at radius 2 is 2.16 bits per heavy atom. The number of hydrogen-bond donors (Lipinski definition) is 0. The Morgan fingerprint density at radius 1 is 1.42 bits per heavy atom. The van der Waals surface area contributed by atoms with Gasteiger partial charge in [0.1, 0.15) is 12.3 Å². The van der Waals surface area contributed by atoms with Gasteiger partial charge in [-0.2, -0.15) is 0 Å². The Balaban J connectivity index is 2.12. The molecule has 4 nitrogen and oxygen atoms in total. The van der Waals surface area contributed by atoms with Crippen LogP contribution in [0.1, 0.15) is 11.3 Å². The summed E-state index contributed by atoms with van der Waals surface area (Å²) in [6.45, 7) is 3.49. The summed E-state index contributed by atoms with van der Waals surface area (Å²) < 4.78 is 6.62. The molecule has 100 valence electrons. The quantitative estimate of drug-likeness (QED) is 0.646. The van der Waals surface area contributed by atoms with Gasteiger partial charge in [-0.15, -0.1) is 0 Å². The minimum atomic E-state index is -0.478. The molecule has 0 fully saturated rings. The largest absolute Gasteiger partial charge is 0.425 e. The lowest BCUT2D eigenvalue weighted by Gasteiger charge is -2.08. The van der Waals surface area contributed by atoms with Gasteiger partial charge in [0.25, 0.3) is 0 Å². The van der Waals surface area contributed by atoms with E-state index < -0.39 is 5.97 Å². The molecule has 0 radical (unpaired) electrons. The number of halogens is 1. The molecule has 0 spiro atoms. The molecule has 0 saturated heterocycles. The lowest BCUT2D eigenvalue weighted by molar-refractivity contribution is -0.135. The first-order valence-electron chi connectivity index (χ1n) is 5.59. The minimum absolute atomic E-state index is 0.0871. The van der Waals surface area contributed by atoms with Crippen molar-refractivity contribution in [3.05, 3.63) is 49.5 Å². The number of carbonyl (C=O) groups is 1. The second-order valence-corrected chi connectivity index (χ2v) is 5.37. The highest BCUT2D eigenvalue weighted by Crippen LogP contribution is 2.22. The third-order valence-corrected chi connectivity index (χ3v) is 3.74. The van der Waals surface area contributed by atoms with Gasteiger partial charge < -0.3 is 4.74 Å². The van der Waals surface area contributed by atoms with Crippen LogP contribution in [0.3, 0.4) is 0 Å². The van der Waals surface area contributed by atoms with E-state index in [1.807, 2.05) is 0 Å². The normalized spacial score (nSPS) is 10.5. The Morgan fingerprint density at radius 3 is 2.74 bits per heavy atom. The topological polar surface area (TPSA) is 48.3 Å². The van der Waals surface area contributed by atoms with E-state index in [9.17, 15) is 9.59 Å². The van der Waals surface area contributed by atoms with Crippen LogP contribution >= 0.6 is 22.9 Å². The number of thiazole rings is 1. The molecule has 19 heavy (non-hydrogen) atoms. The summed E-state index contributed by atoms with van der Waals surface area (Å²) in [5, 5.41) is 2.30. The molecule has 0 aliphatic carbocycles. The van der Waals surface area contributed by atoms with Crippen molar-refractivity contribution in [2.45, 2.75) is 20.4 Å². The summed E-state index contributed by atoms with van der Waals surface area (Å²) in [6.07, 6.45) is 0. The smallest absolute Gasteiger partial charge is 0.331 e. The van der Waals surface area contributed by atoms with Gasteiger partial charge in [-0.25, -0.2) is 4.79 Å². The molecule has 1 heterocycles.